The van der Waals surface area contributed by atoms with Crippen LogP contribution in [0.1, 0.15) is 29.3 Å². The van der Waals surface area contributed by atoms with Gasteiger partial charge in [0, 0.05) is 24.7 Å². The highest BCUT2D eigenvalue weighted by atomic mass is 16.7. The molecule has 4 rings (SSSR count). The van der Waals surface area contributed by atoms with E-state index in [1.807, 2.05) is 50.2 Å². The lowest BCUT2D eigenvalue weighted by molar-refractivity contribution is 0.173. The van der Waals surface area contributed by atoms with Crippen LogP contribution in [0, 0.1) is 13.8 Å². The van der Waals surface area contributed by atoms with Gasteiger partial charge in [0.25, 0.3) is 0 Å². The van der Waals surface area contributed by atoms with Gasteiger partial charge in [0.1, 0.15) is 5.69 Å². The second-order valence-electron chi connectivity index (χ2n) is 7.38. The van der Waals surface area contributed by atoms with Crippen LogP contribution in [0.15, 0.2) is 47.0 Å². The van der Waals surface area contributed by atoms with Crippen molar-refractivity contribution in [1.29, 1.82) is 0 Å². The highest BCUT2D eigenvalue weighted by molar-refractivity contribution is 5.74. The zero-order chi connectivity index (χ0) is 21.1. The average Bonchev–Trinajstić information content (AvgIpc) is 3.36. The Balaban J connectivity index is 1.54. The van der Waals surface area contributed by atoms with E-state index in [0.29, 0.717) is 36.8 Å². The number of ether oxygens (including phenoxy) is 2. The van der Waals surface area contributed by atoms with Gasteiger partial charge in [0.15, 0.2) is 17.3 Å². The van der Waals surface area contributed by atoms with E-state index in [1.54, 1.807) is 4.90 Å². The van der Waals surface area contributed by atoms with E-state index in [2.05, 4.69) is 23.5 Å². The molecule has 7 heteroatoms. The number of hydrogen-bond donors (Lipinski definition) is 1. The maximum atomic E-state index is 12.7. The lowest BCUT2D eigenvalue weighted by Crippen LogP contribution is -2.39. The molecule has 3 aromatic rings. The van der Waals surface area contributed by atoms with Crippen molar-refractivity contribution in [3.8, 4) is 22.8 Å². The molecule has 0 spiro atoms. The number of aromatic nitrogens is 1. The number of aryl methyl sites for hydroxylation is 2. The van der Waals surface area contributed by atoms with Crippen molar-refractivity contribution in [3.05, 3.63) is 64.8 Å². The number of fused-ring (bicyclic) bond motifs is 1. The summed E-state index contributed by atoms with van der Waals surface area (Å²) in [5.74, 6) is 2.11. The van der Waals surface area contributed by atoms with Gasteiger partial charge < -0.3 is 24.2 Å². The van der Waals surface area contributed by atoms with Crippen LogP contribution in [0.4, 0.5) is 4.79 Å². The Morgan fingerprint density at radius 1 is 1.07 bits per heavy atom. The van der Waals surface area contributed by atoms with Crippen LogP contribution in [0.2, 0.25) is 0 Å². The van der Waals surface area contributed by atoms with Crippen molar-refractivity contribution in [3.63, 3.8) is 0 Å². The van der Waals surface area contributed by atoms with Gasteiger partial charge in [0.2, 0.25) is 6.79 Å². The predicted molar refractivity (Wildman–Crippen MR) is 112 cm³/mol. The first kappa shape index (κ1) is 19.8. The molecule has 2 aromatic carbocycles. The molecule has 1 aliphatic rings. The molecule has 1 aromatic heterocycles. The smallest absolute Gasteiger partial charge is 0.318 e. The van der Waals surface area contributed by atoms with Crippen LogP contribution < -0.4 is 14.8 Å². The van der Waals surface area contributed by atoms with Crippen molar-refractivity contribution in [2.45, 2.75) is 33.9 Å². The van der Waals surface area contributed by atoms with E-state index in [9.17, 15) is 4.79 Å². The van der Waals surface area contributed by atoms with Crippen LogP contribution >= 0.6 is 0 Å². The second-order valence-corrected chi connectivity index (χ2v) is 7.38. The van der Waals surface area contributed by atoms with E-state index in [0.717, 1.165) is 22.4 Å². The van der Waals surface area contributed by atoms with Gasteiger partial charge in [-0.1, -0.05) is 35.0 Å². The number of carbonyl (C=O) groups excluding carboxylic acids is 1. The maximum absolute atomic E-state index is 12.7. The fourth-order valence-electron chi connectivity index (χ4n) is 3.52. The molecule has 0 aliphatic carbocycles. The monoisotopic (exact) mass is 407 g/mol. The number of amides is 2. The average molecular weight is 407 g/mol. The third kappa shape index (κ3) is 4.25. The molecule has 1 aliphatic heterocycles. The zero-order valence-electron chi connectivity index (χ0n) is 17.4. The number of nitrogens with one attached hydrogen (secondary N) is 1. The lowest BCUT2D eigenvalue weighted by atomic mass is 10.0. The summed E-state index contributed by atoms with van der Waals surface area (Å²) in [4.78, 5) is 14.4. The molecule has 0 radical (unpaired) electrons. The van der Waals surface area contributed by atoms with Crippen molar-refractivity contribution in [2.75, 3.05) is 13.3 Å². The van der Waals surface area contributed by atoms with E-state index in [1.165, 1.54) is 5.56 Å². The largest absolute Gasteiger partial charge is 0.454 e. The van der Waals surface area contributed by atoms with Gasteiger partial charge in [-0.2, -0.15) is 0 Å². The number of rotatable bonds is 6. The molecule has 156 valence electrons. The summed E-state index contributed by atoms with van der Waals surface area (Å²) in [6, 6.07) is 13.6. The highest BCUT2D eigenvalue weighted by Crippen LogP contribution is 2.33. The summed E-state index contributed by atoms with van der Waals surface area (Å²) < 4.78 is 16.4. The third-order valence-corrected chi connectivity index (χ3v) is 4.98. The molecule has 0 unspecified atom stereocenters. The normalized spacial score (nSPS) is 12.1. The quantitative estimate of drug-likeness (QED) is 0.655. The minimum absolute atomic E-state index is 0.161. The molecule has 30 heavy (non-hydrogen) atoms. The Morgan fingerprint density at radius 3 is 2.70 bits per heavy atom. The Labute approximate surface area is 175 Å². The van der Waals surface area contributed by atoms with Crippen LogP contribution in [0.5, 0.6) is 11.5 Å². The second kappa shape index (κ2) is 8.49. The van der Waals surface area contributed by atoms with Crippen molar-refractivity contribution in [2.24, 2.45) is 0 Å². The van der Waals surface area contributed by atoms with Crippen molar-refractivity contribution in [1.82, 2.24) is 15.4 Å². The van der Waals surface area contributed by atoms with Gasteiger partial charge >= 0.3 is 6.03 Å². The fourth-order valence-corrected chi connectivity index (χ4v) is 3.52. The lowest BCUT2D eigenvalue weighted by Gasteiger charge is -2.22. The topological polar surface area (TPSA) is 76.8 Å². The molecule has 0 atom stereocenters. The van der Waals surface area contributed by atoms with E-state index in [4.69, 9.17) is 14.0 Å². The SMILES string of the molecule is CCNC(=O)N(Cc1ccc2c(c1)OCO2)Cc1cc(-c2ccc(C)cc2C)on1. The van der Waals surface area contributed by atoms with Crippen molar-refractivity contribution < 1.29 is 18.8 Å². The predicted octanol–water partition coefficient (Wildman–Crippen LogP) is 4.42. The summed E-state index contributed by atoms with van der Waals surface area (Å²) in [6.45, 7) is 7.50. The van der Waals surface area contributed by atoms with E-state index < -0.39 is 0 Å². The molecule has 0 saturated carbocycles. The van der Waals surface area contributed by atoms with Crippen LogP contribution in [-0.2, 0) is 13.1 Å². The molecule has 7 nitrogen and oxygen atoms in total. The van der Waals surface area contributed by atoms with Gasteiger partial charge in [-0.3, -0.25) is 0 Å². The number of urea groups is 1. The summed E-state index contributed by atoms with van der Waals surface area (Å²) in [5, 5.41) is 7.06. The minimum atomic E-state index is -0.161. The molecule has 0 saturated heterocycles. The Kier molecular flexibility index (Phi) is 5.61. The summed E-state index contributed by atoms with van der Waals surface area (Å²) in [5.41, 5.74) is 4.96. The summed E-state index contributed by atoms with van der Waals surface area (Å²) >= 11 is 0. The van der Waals surface area contributed by atoms with Gasteiger partial charge in [-0.25, -0.2) is 4.79 Å². The standard InChI is InChI=1S/C23H25N3O4/c1-4-24-23(27)26(12-17-6-8-20-22(10-17)29-14-28-20)13-18-11-21(30-25-18)19-7-5-15(2)9-16(19)3/h5-11H,4,12-14H2,1-3H3,(H,24,27). The first-order valence-electron chi connectivity index (χ1n) is 9.98. The van der Waals surface area contributed by atoms with Crippen molar-refractivity contribution >= 4 is 6.03 Å². The van der Waals surface area contributed by atoms with Crippen LogP contribution in [0.3, 0.4) is 0 Å². The zero-order valence-corrected chi connectivity index (χ0v) is 17.4. The first-order chi connectivity index (χ1) is 14.5. The Hall–Kier alpha value is -3.48. The van der Waals surface area contributed by atoms with E-state index >= 15 is 0 Å². The summed E-state index contributed by atoms with van der Waals surface area (Å²) in [6.07, 6.45) is 0. The minimum Gasteiger partial charge on any atom is -0.454 e. The van der Waals surface area contributed by atoms with Crippen LogP contribution in [-0.4, -0.2) is 29.4 Å². The molecular weight excluding hydrogens is 382 g/mol. The van der Waals surface area contributed by atoms with Gasteiger partial charge in [-0.05, 0) is 44.0 Å². The first-order valence-corrected chi connectivity index (χ1v) is 9.98. The summed E-state index contributed by atoms with van der Waals surface area (Å²) in [7, 11) is 0. The number of nitrogens with zero attached hydrogens (tertiary/aromatic N) is 2. The number of hydrogen-bond acceptors (Lipinski definition) is 5. The molecule has 0 bridgehead atoms. The third-order valence-electron chi connectivity index (χ3n) is 4.98. The molecule has 2 amide bonds. The molecule has 2 heterocycles. The fraction of sp³-hybridized carbons (Fsp3) is 0.304. The van der Waals surface area contributed by atoms with E-state index in [-0.39, 0.29) is 12.8 Å². The molecule has 1 N–H and O–H groups in total. The van der Waals surface area contributed by atoms with Gasteiger partial charge in [0.05, 0.1) is 6.54 Å². The molecule has 0 fully saturated rings. The number of carbonyl (C=O) groups is 1. The molecular formula is C23H25N3O4. The van der Waals surface area contributed by atoms with Crippen LogP contribution in [0.25, 0.3) is 11.3 Å². The number of benzene rings is 2. The highest BCUT2D eigenvalue weighted by Gasteiger charge is 2.19. The van der Waals surface area contributed by atoms with Gasteiger partial charge in [-0.15, -0.1) is 0 Å². The Bertz CT molecular complexity index is 1060. The Morgan fingerprint density at radius 2 is 1.90 bits per heavy atom. The maximum Gasteiger partial charge on any atom is 0.318 e.